The van der Waals surface area contributed by atoms with Crippen molar-refractivity contribution in [3.8, 4) is 28.6 Å². The lowest BCUT2D eigenvalue weighted by molar-refractivity contribution is 0.644. The fourth-order valence-corrected chi connectivity index (χ4v) is 9.53. The summed E-state index contributed by atoms with van der Waals surface area (Å²) in [5, 5.41) is 15.0. The van der Waals surface area contributed by atoms with Crippen molar-refractivity contribution in [2.24, 2.45) is 0 Å². The maximum absolute atomic E-state index is 10.2. The number of aromatic nitrogens is 2. The number of allylic oxidation sites excluding steroid dienone is 1. The molecule has 11 rings (SSSR count). The van der Waals surface area contributed by atoms with Crippen LogP contribution >= 0.6 is 0 Å². The number of benzene rings is 6. The van der Waals surface area contributed by atoms with Crippen LogP contribution in [-0.2, 0) is 12.8 Å². The van der Waals surface area contributed by atoms with Crippen molar-refractivity contribution < 1.29 is 4.42 Å². The Morgan fingerprint density at radius 3 is 2.23 bits per heavy atom. The van der Waals surface area contributed by atoms with Gasteiger partial charge in [-0.25, -0.2) is 0 Å². The highest BCUT2D eigenvalue weighted by Gasteiger charge is 2.33. The summed E-state index contributed by atoms with van der Waals surface area (Å²) in [5.74, 6) is 0.0732. The molecule has 0 spiro atoms. The molecule has 9 aromatic rings. The van der Waals surface area contributed by atoms with Gasteiger partial charge in [0, 0.05) is 61.2 Å². The van der Waals surface area contributed by atoms with Gasteiger partial charge in [0.05, 0.1) is 22.3 Å². The Kier molecular flexibility index (Phi) is 6.66. The average molecular weight is 682 g/mol. The number of nitriles is 1. The fraction of sp³-hybridized carbons (Fsp3) is 0.122. The standard InChI is InChI=1S/C49H35N3O/c50-30-31-14-4-7-27-43(31)52-45-29-9-6-18-34(45)36-20-11-22-38(47(36)52)40-24-13-26-42-41-25-12-23-39(48(41)53-49(40)42)37-21-10-19-35-33-17-5-8-28-44(33)51(46(35)37)32-15-2-1-3-16-32/h1-5,7-8,10-17,19-21,23-28,38H,6,9,18,22,29H2. The zero-order valence-corrected chi connectivity index (χ0v) is 29.2. The van der Waals surface area contributed by atoms with E-state index in [9.17, 15) is 5.26 Å². The minimum atomic E-state index is 0.0732. The van der Waals surface area contributed by atoms with Crippen LogP contribution in [0.5, 0.6) is 0 Å². The Bertz CT molecular complexity index is 3000. The molecule has 3 aromatic heterocycles. The number of nitrogens with zero attached hydrogens (tertiary/aromatic N) is 3. The molecule has 4 heteroatoms. The second-order valence-corrected chi connectivity index (χ2v) is 14.5. The van der Waals surface area contributed by atoms with Crippen LogP contribution in [0.4, 0.5) is 0 Å². The van der Waals surface area contributed by atoms with Crippen molar-refractivity contribution >= 4 is 49.8 Å². The Morgan fingerprint density at radius 1 is 0.623 bits per heavy atom. The molecule has 0 N–H and O–H groups in total. The monoisotopic (exact) mass is 681 g/mol. The number of fused-ring (bicyclic) bond motifs is 9. The zero-order valence-electron chi connectivity index (χ0n) is 29.2. The maximum Gasteiger partial charge on any atom is 0.143 e. The molecule has 53 heavy (non-hydrogen) atoms. The summed E-state index contributed by atoms with van der Waals surface area (Å²) in [7, 11) is 0. The highest BCUT2D eigenvalue weighted by molar-refractivity contribution is 6.17. The van der Waals surface area contributed by atoms with Crippen molar-refractivity contribution in [3.05, 3.63) is 173 Å². The van der Waals surface area contributed by atoms with Crippen molar-refractivity contribution in [2.45, 2.75) is 38.0 Å². The van der Waals surface area contributed by atoms with Gasteiger partial charge < -0.3 is 13.6 Å². The summed E-state index contributed by atoms with van der Waals surface area (Å²) >= 11 is 0. The third-order valence-electron chi connectivity index (χ3n) is 11.7. The largest absolute Gasteiger partial charge is 0.455 e. The molecule has 0 fully saturated rings. The molecule has 6 aromatic carbocycles. The molecule has 3 heterocycles. The van der Waals surface area contributed by atoms with Crippen LogP contribution in [-0.4, -0.2) is 9.13 Å². The molecule has 0 bridgehead atoms. The minimum absolute atomic E-state index is 0.0732. The lowest BCUT2D eigenvalue weighted by Gasteiger charge is -2.24. The molecule has 4 nitrogen and oxygen atoms in total. The van der Waals surface area contributed by atoms with Crippen LogP contribution < -0.4 is 0 Å². The van der Waals surface area contributed by atoms with Gasteiger partial charge in [0.2, 0.25) is 0 Å². The van der Waals surface area contributed by atoms with Crippen LogP contribution in [0.1, 0.15) is 58.8 Å². The minimum Gasteiger partial charge on any atom is -0.455 e. The second-order valence-electron chi connectivity index (χ2n) is 14.5. The number of para-hydroxylation sites is 6. The van der Waals surface area contributed by atoms with Gasteiger partial charge in [-0.2, -0.15) is 5.26 Å². The predicted molar refractivity (Wildman–Crippen MR) is 216 cm³/mol. The van der Waals surface area contributed by atoms with Gasteiger partial charge in [-0.1, -0.05) is 115 Å². The summed E-state index contributed by atoms with van der Waals surface area (Å²) in [6.45, 7) is 0. The molecule has 252 valence electrons. The molecular formula is C49H35N3O. The molecule has 1 atom stereocenters. The fourth-order valence-electron chi connectivity index (χ4n) is 9.53. The van der Waals surface area contributed by atoms with E-state index in [1.165, 1.54) is 56.3 Å². The van der Waals surface area contributed by atoms with Crippen LogP contribution in [0, 0.1) is 11.3 Å². The van der Waals surface area contributed by atoms with Crippen molar-refractivity contribution in [1.82, 2.24) is 9.13 Å². The second kappa shape index (κ2) is 11.7. The molecule has 0 amide bonds. The number of rotatable bonds is 4. The summed E-state index contributed by atoms with van der Waals surface area (Å²) in [6, 6.07) is 49.9. The van der Waals surface area contributed by atoms with E-state index in [-0.39, 0.29) is 5.92 Å². The van der Waals surface area contributed by atoms with Crippen molar-refractivity contribution in [2.75, 3.05) is 0 Å². The van der Waals surface area contributed by atoms with Gasteiger partial charge >= 0.3 is 0 Å². The van der Waals surface area contributed by atoms with Gasteiger partial charge in [-0.3, -0.25) is 0 Å². The third-order valence-corrected chi connectivity index (χ3v) is 11.7. The molecule has 0 aliphatic heterocycles. The third kappa shape index (κ3) is 4.35. The van der Waals surface area contributed by atoms with E-state index in [2.05, 4.69) is 149 Å². The first-order chi connectivity index (χ1) is 26.3. The molecule has 1 unspecified atom stereocenters. The van der Waals surface area contributed by atoms with E-state index in [4.69, 9.17) is 4.42 Å². The van der Waals surface area contributed by atoms with E-state index >= 15 is 0 Å². The lowest BCUT2D eigenvalue weighted by Crippen LogP contribution is -2.14. The summed E-state index contributed by atoms with van der Waals surface area (Å²) in [6.07, 6.45) is 10.00. The number of hydrogen-bond acceptors (Lipinski definition) is 2. The van der Waals surface area contributed by atoms with E-state index in [1.54, 1.807) is 0 Å². The van der Waals surface area contributed by atoms with Crippen molar-refractivity contribution in [3.63, 3.8) is 0 Å². The lowest BCUT2D eigenvalue weighted by atomic mass is 9.83. The molecule has 2 aliphatic rings. The molecule has 2 aliphatic carbocycles. The normalized spacial score (nSPS) is 15.3. The smallest absolute Gasteiger partial charge is 0.143 e. The van der Waals surface area contributed by atoms with E-state index in [0.29, 0.717) is 5.56 Å². The Hall–Kier alpha value is -6.57. The van der Waals surface area contributed by atoms with Gasteiger partial charge in [-0.05, 0) is 73.6 Å². The van der Waals surface area contributed by atoms with Crippen LogP contribution in [0.25, 0.3) is 72.3 Å². The Morgan fingerprint density at radius 2 is 1.34 bits per heavy atom. The van der Waals surface area contributed by atoms with Gasteiger partial charge in [0.15, 0.2) is 0 Å². The van der Waals surface area contributed by atoms with Crippen LogP contribution in [0.2, 0.25) is 0 Å². The van der Waals surface area contributed by atoms with Crippen molar-refractivity contribution in [1.29, 1.82) is 5.26 Å². The summed E-state index contributed by atoms with van der Waals surface area (Å²) in [5.41, 5.74) is 15.9. The highest BCUT2D eigenvalue weighted by Crippen LogP contribution is 2.48. The molecule has 0 radical (unpaired) electrons. The van der Waals surface area contributed by atoms with Gasteiger partial charge in [0.1, 0.15) is 17.2 Å². The topological polar surface area (TPSA) is 46.8 Å². The molecule has 0 saturated heterocycles. The van der Waals surface area contributed by atoms with E-state index in [0.717, 1.165) is 70.1 Å². The first-order valence-corrected chi connectivity index (χ1v) is 18.7. The number of furan rings is 1. The molecular weight excluding hydrogens is 647 g/mol. The zero-order chi connectivity index (χ0) is 35.0. The maximum atomic E-state index is 10.2. The van der Waals surface area contributed by atoms with Crippen LogP contribution in [0.3, 0.4) is 0 Å². The summed E-state index contributed by atoms with van der Waals surface area (Å²) < 4.78 is 12.1. The van der Waals surface area contributed by atoms with Gasteiger partial charge in [0.25, 0.3) is 0 Å². The summed E-state index contributed by atoms with van der Waals surface area (Å²) in [4.78, 5) is 0. The Balaban J connectivity index is 1.16. The van der Waals surface area contributed by atoms with Crippen LogP contribution in [0.15, 0.2) is 144 Å². The average Bonchev–Trinajstić information content (AvgIpc) is 3.89. The van der Waals surface area contributed by atoms with Gasteiger partial charge in [-0.15, -0.1) is 0 Å². The highest BCUT2D eigenvalue weighted by atomic mass is 16.3. The predicted octanol–water partition coefficient (Wildman–Crippen LogP) is 12.4. The van der Waals surface area contributed by atoms with E-state index < -0.39 is 0 Å². The molecule has 0 saturated carbocycles. The first kappa shape index (κ1) is 30.1. The Labute approximate surface area is 307 Å². The van der Waals surface area contributed by atoms with E-state index in [1.807, 2.05) is 12.1 Å². The quantitative estimate of drug-likeness (QED) is 0.186. The first-order valence-electron chi connectivity index (χ1n) is 18.7. The SMILES string of the molecule is N#Cc1ccccc1-n1c2c(c3c1C(c1cccc4c1oc1c(-c5cccc6c7ccccc7n(-c7ccccc7)c56)cccc14)CC=C3)CCCC2. The number of hydrogen-bond donors (Lipinski definition) is 0.